The van der Waals surface area contributed by atoms with E-state index in [2.05, 4.69) is 30.8 Å². The molecule has 0 spiro atoms. The summed E-state index contributed by atoms with van der Waals surface area (Å²) in [6.07, 6.45) is 1.85. The molecule has 0 N–H and O–H groups in total. The van der Waals surface area contributed by atoms with Crippen LogP contribution in [0.25, 0.3) is 0 Å². The second-order valence-electron chi connectivity index (χ2n) is 6.42. The van der Waals surface area contributed by atoms with Crippen molar-refractivity contribution in [1.82, 2.24) is 19.7 Å². The zero-order chi connectivity index (χ0) is 16.5. The van der Waals surface area contributed by atoms with Gasteiger partial charge in [0.1, 0.15) is 11.6 Å². The highest BCUT2D eigenvalue weighted by Gasteiger charge is 2.34. The van der Waals surface area contributed by atoms with Crippen LogP contribution >= 0.6 is 0 Å². The van der Waals surface area contributed by atoms with Crippen molar-refractivity contribution in [2.45, 2.75) is 6.04 Å². The molecule has 4 rings (SSSR count). The van der Waals surface area contributed by atoms with Gasteiger partial charge in [0.2, 0.25) is 0 Å². The highest BCUT2D eigenvalue weighted by molar-refractivity contribution is 5.42. The molecule has 7 heteroatoms. The molecule has 0 saturated carbocycles. The molecular formula is C17H22N6O. The number of aromatic nitrogens is 3. The van der Waals surface area contributed by atoms with E-state index in [1.165, 1.54) is 4.68 Å². The zero-order valence-corrected chi connectivity index (χ0v) is 13.9. The fourth-order valence-corrected chi connectivity index (χ4v) is 3.39. The molecule has 0 amide bonds. The summed E-state index contributed by atoms with van der Waals surface area (Å²) in [5.74, 6) is 1.96. The van der Waals surface area contributed by atoms with Crippen LogP contribution in [0.5, 0.6) is 0 Å². The molecule has 0 aliphatic carbocycles. The molecule has 2 aromatic heterocycles. The summed E-state index contributed by atoms with van der Waals surface area (Å²) in [5.41, 5.74) is -0.0681. The van der Waals surface area contributed by atoms with Gasteiger partial charge in [0, 0.05) is 64.6 Å². The van der Waals surface area contributed by atoms with Gasteiger partial charge in [-0.2, -0.15) is 5.10 Å². The average molecular weight is 326 g/mol. The quantitative estimate of drug-likeness (QED) is 0.802. The molecular weight excluding hydrogens is 304 g/mol. The molecule has 126 valence electrons. The van der Waals surface area contributed by atoms with E-state index >= 15 is 0 Å². The molecule has 0 atom stereocenters. The molecule has 0 radical (unpaired) electrons. The third kappa shape index (κ3) is 2.87. The van der Waals surface area contributed by atoms with E-state index in [1.807, 2.05) is 24.4 Å². The first-order valence-corrected chi connectivity index (χ1v) is 8.40. The van der Waals surface area contributed by atoms with Crippen molar-refractivity contribution in [3.05, 3.63) is 46.9 Å². The lowest BCUT2D eigenvalue weighted by atomic mass is 10.1. The third-order valence-corrected chi connectivity index (χ3v) is 4.94. The smallest absolute Gasteiger partial charge is 0.266 e. The number of piperazine rings is 1. The summed E-state index contributed by atoms with van der Waals surface area (Å²) in [4.78, 5) is 23.0. The van der Waals surface area contributed by atoms with Crippen molar-refractivity contribution in [1.29, 1.82) is 0 Å². The van der Waals surface area contributed by atoms with E-state index in [1.54, 1.807) is 13.1 Å². The first-order valence-electron chi connectivity index (χ1n) is 8.40. The summed E-state index contributed by atoms with van der Waals surface area (Å²) >= 11 is 0. The van der Waals surface area contributed by atoms with Gasteiger partial charge in [-0.1, -0.05) is 6.07 Å². The molecule has 2 aromatic rings. The van der Waals surface area contributed by atoms with Crippen LogP contribution in [0, 0.1) is 0 Å². The number of anilines is 2. The van der Waals surface area contributed by atoms with Gasteiger partial charge in [0.05, 0.1) is 0 Å². The Bertz CT molecular complexity index is 747. The maximum Gasteiger partial charge on any atom is 0.266 e. The summed E-state index contributed by atoms with van der Waals surface area (Å²) in [6, 6.07) is 10.1. The van der Waals surface area contributed by atoms with E-state index in [4.69, 9.17) is 0 Å². The lowest BCUT2D eigenvalue weighted by Crippen LogP contribution is -2.63. The molecule has 2 aliphatic rings. The van der Waals surface area contributed by atoms with E-state index in [9.17, 15) is 4.79 Å². The van der Waals surface area contributed by atoms with Crippen LogP contribution in [0.3, 0.4) is 0 Å². The monoisotopic (exact) mass is 326 g/mol. The number of hydrogen-bond donors (Lipinski definition) is 0. The highest BCUT2D eigenvalue weighted by Crippen LogP contribution is 2.22. The van der Waals surface area contributed by atoms with Gasteiger partial charge in [0.25, 0.3) is 5.56 Å². The van der Waals surface area contributed by atoms with Crippen LogP contribution in [0.2, 0.25) is 0 Å². The van der Waals surface area contributed by atoms with E-state index in [0.29, 0.717) is 6.04 Å². The van der Waals surface area contributed by atoms with Crippen molar-refractivity contribution in [2.24, 2.45) is 7.05 Å². The molecule has 0 aromatic carbocycles. The molecule has 2 saturated heterocycles. The van der Waals surface area contributed by atoms with Gasteiger partial charge in [-0.15, -0.1) is 0 Å². The predicted molar refractivity (Wildman–Crippen MR) is 93.5 cm³/mol. The minimum Gasteiger partial charge on any atom is -0.354 e. The van der Waals surface area contributed by atoms with E-state index < -0.39 is 0 Å². The van der Waals surface area contributed by atoms with Crippen LogP contribution in [0.15, 0.2) is 41.3 Å². The van der Waals surface area contributed by atoms with Crippen LogP contribution in [-0.4, -0.2) is 65.0 Å². The van der Waals surface area contributed by atoms with Gasteiger partial charge in [-0.3, -0.25) is 9.69 Å². The Balaban J connectivity index is 1.30. The van der Waals surface area contributed by atoms with E-state index in [0.717, 1.165) is 50.9 Å². The predicted octanol–water partition coefficient (Wildman–Crippen LogP) is 0.186. The molecule has 7 nitrogen and oxygen atoms in total. The third-order valence-electron chi connectivity index (χ3n) is 4.94. The molecule has 0 bridgehead atoms. The standard InChI is InChI=1S/C17H22N6O/c1-20-17(24)6-5-16(19-20)23-12-14(13-23)21-8-10-22(11-9-21)15-4-2-3-7-18-15/h2-7,14H,8-13H2,1H3. The van der Waals surface area contributed by atoms with Gasteiger partial charge in [0.15, 0.2) is 0 Å². The van der Waals surface area contributed by atoms with Crippen molar-refractivity contribution in [2.75, 3.05) is 49.1 Å². The molecule has 2 fully saturated rings. The molecule has 24 heavy (non-hydrogen) atoms. The Kier molecular flexibility index (Phi) is 3.93. The van der Waals surface area contributed by atoms with Gasteiger partial charge < -0.3 is 9.80 Å². The Labute approximate surface area is 141 Å². The Morgan fingerprint density at radius 3 is 2.42 bits per heavy atom. The zero-order valence-electron chi connectivity index (χ0n) is 13.9. The number of pyridine rings is 1. The second-order valence-corrected chi connectivity index (χ2v) is 6.42. The topological polar surface area (TPSA) is 57.5 Å². The lowest BCUT2D eigenvalue weighted by molar-refractivity contribution is 0.156. The van der Waals surface area contributed by atoms with Gasteiger partial charge >= 0.3 is 0 Å². The largest absolute Gasteiger partial charge is 0.354 e. The number of nitrogens with zero attached hydrogens (tertiary/aromatic N) is 6. The molecule has 2 aliphatic heterocycles. The van der Waals surface area contributed by atoms with Crippen molar-refractivity contribution < 1.29 is 0 Å². The Morgan fingerprint density at radius 2 is 1.75 bits per heavy atom. The van der Waals surface area contributed by atoms with Gasteiger partial charge in [-0.25, -0.2) is 9.67 Å². The fraction of sp³-hybridized carbons (Fsp3) is 0.471. The summed E-state index contributed by atoms with van der Waals surface area (Å²) < 4.78 is 1.40. The van der Waals surface area contributed by atoms with Crippen LogP contribution in [0.1, 0.15) is 0 Å². The van der Waals surface area contributed by atoms with Crippen molar-refractivity contribution >= 4 is 11.6 Å². The fourth-order valence-electron chi connectivity index (χ4n) is 3.39. The second kappa shape index (κ2) is 6.24. The molecule has 0 unspecified atom stereocenters. The maximum atomic E-state index is 11.4. The normalized spacial score (nSPS) is 19.4. The minimum absolute atomic E-state index is 0.0681. The molecule has 4 heterocycles. The van der Waals surface area contributed by atoms with Crippen LogP contribution in [0.4, 0.5) is 11.6 Å². The first kappa shape index (κ1) is 15.1. The van der Waals surface area contributed by atoms with Crippen LogP contribution in [-0.2, 0) is 7.05 Å². The van der Waals surface area contributed by atoms with E-state index in [-0.39, 0.29) is 5.56 Å². The summed E-state index contributed by atoms with van der Waals surface area (Å²) in [5, 5.41) is 4.32. The first-order chi connectivity index (χ1) is 11.7. The Hall–Kier alpha value is -2.41. The number of rotatable bonds is 3. The van der Waals surface area contributed by atoms with Crippen molar-refractivity contribution in [3.8, 4) is 0 Å². The number of hydrogen-bond acceptors (Lipinski definition) is 6. The van der Waals surface area contributed by atoms with Crippen LogP contribution < -0.4 is 15.4 Å². The summed E-state index contributed by atoms with van der Waals surface area (Å²) in [6.45, 7) is 6.13. The minimum atomic E-state index is -0.0681. The highest BCUT2D eigenvalue weighted by atomic mass is 16.1. The lowest BCUT2D eigenvalue weighted by Gasteiger charge is -2.48. The SMILES string of the molecule is Cn1nc(N2CC(N3CCN(c4ccccn4)CC3)C2)ccc1=O. The average Bonchev–Trinajstić information content (AvgIpc) is 2.58. The van der Waals surface area contributed by atoms with Crippen molar-refractivity contribution in [3.63, 3.8) is 0 Å². The maximum absolute atomic E-state index is 11.4. The summed E-state index contributed by atoms with van der Waals surface area (Å²) in [7, 11) is 1.69. The van der Waals surface area contributed by atoms with Gasteiger partial charge in [-0.05, 0) is 18.2 Å². The Morgan fingerprint density at radius 1 is 0.958 bits per heavy atom. The number of aryl methyl sites for hydroxylation is 1.